The summed E-state index contributed by atoms with van der Waals surface area (Å²) >= 11 is 0. The monoisotopic (exact) mass is 290 g/mol. The van der Waals surface area contributed by atoms with E-state index in [4.69, 9.17) is 11.2 Å². The van der Waals surface area contributed by atoms with E-state index in [1.807, 2.05) is 13.8 Å². The number of hydrogen-bond donors (Lipinski definition) is 3. The third-order valence-corrected chi connectivity index (χ3v) is 2.73. The Morgan fingerprint density at radius 1 is 1.48 bits per heavy atom. The van der Waals surface area contributed by atoms with Gasteiger partial charge in [-0.05, 0) is 24.5 Å². The predicted octanol–water partition coefficient (Wildman–Crippen LogP) is 2.23. The van der Waals surface area contributed by atoms with Gasteiger partial charge in [0.2, 0.25) is 0 Å². The molecular formula is C16H22N2O3. The molecule has 1 aromatic carbocycles. The average Bonchev–Trinajstić information content (AvgIpc) is 2.44. The topological polar surface area (TPSA) is 70.6 Å². The molecule has 0 aliphatic heterocycles. The normalized spacial score (nSPS) is 11.6. The first-order valence-electron chi connectivity index (χ1n) is 6.89. The molecule has 5 nitrogen and oxygen atoms in total. The van der Waals surface area contributed by atoms with E-state index >= 15 is 0 Å². The van der Waals surface area contributed by atoms with Crippen LogP contribution in [0, 0.1) is 18.3 Å². The first-order chi connectivity index (χ1) is 10.0. The molecule has 114 valence electrons. The lowest BCUT2D eigenvalue weighted by Gasteiger charge is -2.18. The van der Waals surface area contributed by atoms with E-state index in [-0.39, 0.29) is 25.3 Å². The zero-order valence-electron chi connectivity index (χ0n) is 12.4. The molecule has 0 spiro atoms. The first-order valence-corrected chi connectivity index (χ1v) is 6.89. The molecule has 21 heavy (non-hydrogen) atoms. The molecule has 0 heterocycles. The van der Waals surface area contributed by atoms with Crippen LogP contribution in [0.2, 0.25) is 0 Å². The zero-order valence-corrected chi connectivity index (χ0v) is 12.4. The Morgan fingerprint density at radius 3 is 2.86 bits per heavy atom. The largest absolute Gasteiger partial charge is 0.481 e. The van der Waals surface area contributed by atoms with E-state index in [0.717, 1.165) is 6.42 Å². The molecule has 0 fully saturated rings. The molecule has 0 saturated heterocycles. The summed E-state index contributed by atoms with van der Waals surface area (Å²) in [5, 5.41) is 14.7. The van der Waals surface area contributed by atoms with Crippen LogP contribution in [-0.4, -0.2) is 30.4 Å². The highest BCUT2D eigenvalue weighted by atomic mass is 16.5. The highest BCUT2D eigenvalue weighted by Gasteiger charge is 2.13. The predicted molar refractivity (Wildman–Crippen MR) is 83.3 cm³/mol. The van der Waals surface area contributed by atoms with Crippen molar-refractivity contribution in [1.29, 1.82) is 0 Å². The molecule has 3 N–H and O–H groups in total. The summed E-state index contributed by atoms with van der Waals surface area (Å²) in [5.74, 6) is 3.36. The molecule has 0 radical (unpaired) electrons. The number of amides is 2. The number of hydrogen-bond acceptors (Lipinski definition) is 3. The van der Waals surface area contributed by atoms with Gasteiger partial charge in [-0.25, -0.2) is 4.79 Å². The number of benzene rings is 1. The number of nitrogens with one attached hydrogen (secondary N) is 2. The van der Waals surface area contributed by atoms with Crippen molar-refractivity contribution in [2.75, 3.05) is 18.5 Å². The first kappa shape index (κ1) is 16.9. The molecule has 1 atom stereocenters. The van der Waals surface area contributed by atoms with Crippen LogP contribution in [0.5, 0.6) is 5.75 Å². The second-order valence-corrected chi connectivity index (χ2v) is 5.13. The van der Waals surface area contributed by atoms with E-state index < -0.39 is 0 Å². The number of ether oxygens (including phenoxy) is 1. The number of aliphatic hydroxyl groups excluding tert-OH is 1. The second kappa shape index (κ2) is 8.88. The van der Waals surface area contributed by atoms with Gasteiger partial charge in [-0.2, -0.15) is 0 Å². The molecule has 0 saturated carbocycles. The van der Waals surface area contributed by atoms with E-state index in [9.17, 15) is 9.90 Å². The molecular weight excluding hydrogens is 268 g/mol. The Bertz CT molecular complexity index is 495. The molecule has 1 rings (SSSR count). The molecule has 1 aromatic rings. The minimum Gasteiger partial charge on any atom is -0.481 e. The van der Waals surface area contributed by atoms with Crippen molar-refractivity contribution in [3.05, 3.63) is 24.3 Å². The van der Waals surface area contributed by atoms with Crippen molar-refractivity contribution in [3.8, 4) is 18.1 Å². The van der Waals surface area contributed by atoms with Crippen molar-refractivity contribution < 1.29 is 14.6 Å². The van der Waals surface area contributed by atoms with E-state index in [2.05, 4.69) is 16.6 Å². The van der Waals surface area contributed by atoms with Gasteiger partial charge in [0.15, 0.2) is 0 Å². The minimum atomic E-state index is -0.358. The lowest BCUT2D eigenvalue weighted by Crippen LogP contribution is -2.40. The fourth-order valence-corrected chi connectivity index (χ4v) is 1.89. The van der Waals surface area contributed by atoms with Crippen LogP contribution < -0.4 is 15.4 Å². The van der Waals surface area contributed by atoms with Crippen LogP contribution in [0.25, 0.3) is 0 Å². The van der Waals surface area contributed by atoms with Gasteiger partial charge in [0.25, 0.3) is 0 Å². The number of rotatable bonds is 7. The number of carbonyl (C=O) groups excluding carboxylic acids is 1. The quantitative estimate of drug-likeness (QED) is 0.674. The number of aliphatic hydroxyl groups is 1. The maximum Gasteiger partial charge on any atom is 0.319 e. The van der Waals surface area contributed by atoms with Crippen LogP contribution in [0.1, 0.15) is 20.3 Å². The average molecular weight is 290 g/mol. The standard InChI is InChI=1S/C16H22N2O3/c1-4-8-21-15-7-5-6-13(10-15)17-16(20)18-14(11-19)9-12(2)3/h1,5-7,10,12,14,19H,8-9,11H2,2-3H3,(H2,17,18,20). The number of anilines is 1. The van der Waals surface area contributed by atoms with Crippen molar-refractivity contribution in [1.82, 2.24) is 5.32 Å². The minimum absolute atomic E-state index is 0.0864. The third kappa shape index (κ3) is 6.68. The van der Waals surface area contributed by atoms with Gasteiger partial charge in [0.05, 0.1) is 12.6 Å². The summed E-state index contributed by atoms with van der Waals surface area (Å²) in [5.41, 5.74) is 0.600. The highest BCUT2D eigenvalue weighted by molar-refractivity contribution is 5.89. The Balaban J connectivity index is 2.56. The van der Waals surface area contributed by atoms with E-state index in [0.29, 0.717) is 17.4 Å². The SMILES string of the molecule is C#CCOc1cccc(NC(=O)NC(CO)CC(C)C)c1. The van der Waals surface area contributed by atoms with Crippen molar-refractivity contribution in [2.45, 2.75) is 26.3 Å². The molecule has 0 aromatic heterocycles. The Hall–Kier alpha value is -2.19. The van der Waals surface area contributed by atoms with E-state index in [1.165, 1.54) is 0 Å². The Morgan fingerprint density at radius 2 is 2.24 bits per heavy atom. The van der Waals surface area contributed by atoms with Gasteiger partial charge in [0.1, 0.15) is 12.4 Å². The highest BCUT2D eigenvalue weighted by Crippen LogP contribution is 2.17. The van der Waals surface area contributed by atoms with Gasteiger partial charge in [-0.15, -0.1) is 6.42 Å². The molecule has 2 amide bonds. The Labute approximate surface area is 125 Å². The van der Waals surface area contributed by atoms with E-state index in [1.54, 1.807) is 24.3 Å². The van der Waals surface area contributed by atoms with Gasteiger partial charge < -0.3 is 20.5 Å². The zero-order chi connectivity index (χ0) is 15.7. The summed E-state index contributed by atoms with van der Waals surface area (Å²) in [6.07, 6.45) is 5.84. The summed E-state index contributed by atoms with van der Waals surface area (Å²) < 4.78 is 5.28. The fourth-order valence-electron chi connectivity index (χ4n) is 1.89. The molecule has 0 aliphatic rings. The summed E-state index contributed by atoms with van der Waals surface area (Å²) in [4.78, 5) is 11.9. The molecule has 5 heteroatoms. The molecule has 0 bridgehead atoms. The van der Waals surface area contributed by atoms with Crippen LogP contribution in [0.3, 0.4) is 0 Å². The summed E-state index contributed by atoms with van der Waals surface area (Å²) in [6.45, 7) is 4.16. The lowest BCUT2D eigenvalue weighted by molar-refractivity contribution is 0.214. The van der Waals surface area contributed by atoms with Gasteiger partial charge in [0, 0.05) is 11.8 Å². The van der Waals surface area contributed by atoms with Crippen molar-refractivity contribution in [3.63, 3.8) is 0 Å². The second-order valence-electron chi connectivity index (χ2n) is 5.13. The van der Waals surface area contributed by atoms with Gasteiger partial charge in [-0.3, -0.25) is 0 Å². The maximum absolute atomic E-state index is 11.9. The molecule has 0 aliphatic carbocycles. The van der Waals surface area contributed by atoms with Crippen LogP contribution in [0.15, 0.2) is 24.3 Å². The van der Waals surface area contributed by atoms with Gasteiger partial charge in [-0.1, -0.05) is 25.8 Å². The van der Waals surface area contributed by atoms with Crippen molar-refractivity contribution in [2.24, 2.45) is 5.92 Å². The lowest BCUT2D eigenvalue weighted by atomic mass is 10.0. The van der Waals surface area contributed by atoms with Crippen LogP contribution in [-0.2, 0) is 0 Å². The third-order valence-electron chi connectivity index (χ3n) is 2.73. The number of urea groups is 1. The Kier molecular flexibility index (Phi) is 7.13. The smallest absolute Gasteiger partial charge is 0.319 e. The maximum atomic E-state index is 11.9. The van der Waals surface area contributed by atoms with Crippen LogP contribution >= 0.6 is 0 Å². The van der Waals surface area contributed by atoms with Gasteiger partial charge >= 0.3 is 6.03 Å². The summed E-state index contributed by atoms with van der Waals surface area (Å²) in [6, 6.07) is 6.34. The van der Waals surface area contributed by atoms with Crippen LogP contribution in [0.4, 0.5) is 10.5 Å². The number of terminal acetylenes is 1. The number of carbonyl (C=O) groups is 1. The molecule has 1 unspecified atom stereocenters. The summed E-state index contributed by atoms with van der Waals surface area (Å²) in [7, 11) is 0. The van der Waals surface area contributed by atoms with Crippen molar-refractivity contribution >= 4 is 11.7 Å². The fraction of sp³-hybridized carbons (Fsp3) is 0.438.